The van der Waals surface area contributed by atoms with E-state index < -0.39 is 0 Å². The first kappa shape index (κ1) is 24.7. The molecule has 1 heterocycles. The van der Waals surface area contributed by atoms with Gasteiger partial charge in [0.15, 0.2) is 11.5 Å². The lowest BCUT2D eigenvalue weighted by atomic mass is 10.2. The second kappa shape index (κ2) is 11.3. The van der Waals surface area contributed by atoms with Crippen LogP contribution < -0.4 is 15.0 Å². The van der Waals surface area contributed by atoms with Crippen molar-refractivity contribution in [2.75, 3.05) is 6.61 Å². The summed E-state index contributed by atoms with van der Waals surface area (Å²) in [4.78, 5) is 17.9. The molecule has 0 fully saturated rings. The number of hydrogen-bond donors (Lipinski definition) is 0. The second-order valence-electron chi connectivity index (χ2n) is 7.40. The number of hydrogen-bond acceptors (Lipinski definition) is 5. The Morgan fingerprint density at radius 2 is 2.03 bits per heavy atom. The maximum atomic E-state index is 13.2. The third kappa shape index (κ3) is 5.70. The SMILES string of the molecule is CCCc1nc2ccc(Br)cc2c(=O)n1N=Cc1cc(I)c(O[C@@H](C)CC)c(OCC)c1. The first-order valence-electron chi connectivity index (χ1n) is 10.8. The van der Waals surface area contributed by atoms with Crippen molar-refractivity contribution in [2.24, 2.45) is 5.10 Å². The predicted molar refractivity (Wildman–Crippen MR) is 141 cm³/mol. The molecular formula is C24H27BrIN3O3. The van der Waals surface area contributed by atoms with E-state index in [1.165, 1.54) is 4.68 Å². The molecule has 0 unspecified atom stereocenters. The van der Waals surface area contributed by atoms with Gasteiger partial charge in [-0.25, -0.2) is 4.98 Å². The van der Waals surface area contributed by atoms with Crippen LogP contribution >= 0.6 is 38.5 Å². The lowest BCUT2D eigenvalue weighted by Crippen LogP contribution is -2.22. The van der Waals surface area contributed by atoms with Crippen molar-refractivity contribution in [3.63, 3.8) is 0 Å². The van der Waals surface area contributed by atoms with Gasteiger partial charge in [-0.15, -0.1) is 0 Å². The van der Waals surface area contributed by atoms with Crippen LogP contribution in [0, 0.1) is 3.57 Å². The number of aromatic nitrogens is 2. The van der Waals surface area contributed by atoms with Gasteiger partial charge in [-0.3, -0.25) is 4.79 Å². The summed E-state index contributed by atoms with van der Waals surface area (Å²) in [5, 5.41) is 5.05. The van der Waals surface area contributed by atoms with Crippen LogP contribution in [0.5, 0.6) is 11.5 Å². The van der Waals surface area contributed by atoms with Crippen LogP contribution in [-0.4, -0.2) is 28.6 Å². The Bertz CT molecular complexity index is 1190. The van der Waals surface area contributed by atoms with Gasteiger partial charge in [-0.1, -0.05) is 29.8 Å². The summed E-state index contributed by atoms with van der Waals surface area (Å²) < 4.78 is 15.1. The molecular weight excluding hydrogens is 585 g/mol. The van der Waals surface area contributed by atoms with E-state index in [9.17, 15) is 4.79 Å². The van der Waals surface area contributed by atoms with Crippen molar-refractivity contribution in [1.29, 1.82) is 0 Å². The Morgan fingerprint density at radius 3 is 2.72 bits per heavy atom. The second-order valence-corrected chi connectivity index (χ2v) is 9.48. The van der Waals surface area contributed by atoms with Crippen molar-refractivity contribution < 1.29 is 9.47 Å². The van der Waals surface area contributed by atoms with Gasteiger partial charge in [-0.05, 0) is 85.2 Å². The van der Waals surface area contributed by atoms with Gasteiger partial charge >= 0.3 is 0 Å². The molecule has 0 aliphatic carbocycles. The molecule has 32 heavy (non-hydrogen) atoms. The average molecular weight is 612 g/mol. The van der Waals surface area contributed by atoms with Gasteiger partial charge in [0.2, 0.25) is 0 Å². The number of benzene rings is 2. The first-order chi connectivity index (χ1) is 15.4. The molecule has 1 aromatic heterocycles. The third-order valence-corrected chi connectivity index (χ3v) is 6.19. The summed E-state index contributed by atoms with van der Waals surface area (Å²) in [6, 6.07) is 9.38. The summed E-state index contributed by atoms with van der Waals surface area (Å²) in [7, 11) is 0. The van der Waals surface area contributed by atoms with Crippen LogP contribution in [0.4, 0.5) is 0 Å². The number of aryl methyl sites for hydroxylation is 1. The minimum atomic E-state index is -0.188. The number of ether oxygens (including phenoxy) is 2. The van der Waals surface area contributed by atoms with E-state index in [2.05, 4.69) is 62.5 Å². The molecule has 0 bridgehead atoms. The van der Waals surface area contributed by atoms with E-state index in [1.807, 2.05) is 38.1 Å². The lowest BCUT2D eigenvalue weighted by Gasteiger charge is -2.18. The molecule has 2 aromatic carbocycles. The maximum Gasteiger partial charge on any atom is 0.282 e. The van der Waals surface area contributed by atoms with E-state index in [1.54, 1.807) is 12.3 Å². The zero-order valence-corrected chi connectivity index (χ0v) is 22.4. The van der Waals surface area contributed by atoms with E-state index in [0.29, 0.717) is 35.5 Å². The summed E-state index contributed by atoms with van der Waals surface area (Å²) >= 11 is 5.68. The summed E-state index contributed by atoms with van der Waals surface area (Å²) in [6.07, 6.45) is 4.17. The molecule has 0 aliphatic heterocycles. The van der Waals surface area contributed by atoms with Crippen molar-refractivity contribution in [3.8, 4) is 11.5 Å². The number of halogens is 2. The van der Waals surface area contributed by atoms with Gasteiger partial charge in [0.1, 0.15) is 5.82 Å². The molecule has 3 aromatic rings. The highest BCUT2D eigenvalue weighted by Crippen LogP contribution is 2.35. The number of fused-ring (bicyclic) bond motifs is 1. The number of nitrogens with zero attached hydrogens (tertiary/aromatic N) is 3. The largest absolute Gasteiger partial charge is 0.490 e. The Labute approximate surface area is 210 Å². The molecule has 0 saturated carbocycles. The van der Waals surface area contributed by atoms with Crippen LogP contribution in [0.25, 0.3) is 10.9 Å². The van der Waals surface area contributed by atoms with E-state index >= 15 is 0 Å². The maximum absolute atomic E-state index is 13.2. The third-order valence-electron chi connectivity index (χ3n) is 4.90. The van der Waals surface area contributed by atoms with Crippen molar-refractivity contribution >= 4 is 55.6 Å². The predicted octanol–water partition coefficient (Wildman–Crippen LogP) is 6.17. The van der Waals surface area contributed by atoms with Crippen molar-refractivity contribution in [2.45, 2.75) is 53.1 Å². The fraction of sp³-hybridized carbons (Fsp3) is 0.375. The monoisotopic (exact) mass is 611 g/mol. The molecule has 0 N–H and O–H groups in total. The molecule has 1 atom stereocenters. The quantitative estimate of drug-likeness (QED) is 0.214. The van der Waals surface area contributed by atoms with Crippen LogP contribution in [-0.2, 0) is 6.42 Å². The van der Waals surface area contributed by atoms with Gasteiger partial charge in [0.05, 0.1) is 33.4 Å². The Hall–Kier alpha value is -1.94. The average Bonchev–Trinajstić information content (AvgIpc) is 2.76. The molecule has 0 radical (unpaired) electrons. The standard InChI is InChI=1S/C24H27BrIN3O3/c1-5-8-22-28-20-10-9-17(25)13-18(20)24(30)29(22)27-14-16-11-19(26)23(32-15(4)6-2)21(12-16)31-7-3/h9-15H,5-8H2,1-4H3/t15-/m0/s1. The molecule has 0 spiro atoms. The van der Waals surface area contributed by atoms with Crippen molar-refractivity contribution in [3.05, 3.63) is 60.1 Å². The summed E-state index contributed by atoms with van der Waals surface area (Å²) in [6.45, 7) is 8.64. The Morgan fingerprint density at radius 1 is 1.25 bits per heavy atom. The van der Waals surface area contributed by atoms with Gasteiger partial charge in [0, 0.05) is 10.9 Å². The fourth-order valence-electron chi connectivity index (χ4n) is 3.15. The normalized spacial score (nSPS) is 12.4. The van der Waals surface area contributed by atoms with Gasteiger partial charge in [0.25, 0.3) is 5.56 Å². The highest BCUT2D eigenvalue weighted by molar-refractivity contribution is 14.1. The summed E-state index contributed by atoms with van der Waals surface area (Å²) in [5.74, 6) is 2.04. The fourth-order valence-corrected chi connectivity index (χ4v) is 4.26. The topological polar surface area (TPSA) is 65.7 Å². The van der Waals surface area contributed by atoms with Gasteiger partial charge in [-0.2, -0.15) is 9.78 Å². The van der Waals surface area contributed by atoms with Crippen LogP contribution in [0.3, 0.4) is 0 Å². The molecule has 3 rings (SSSR count). The number of rotatable bonds is 9. The van der Waals surface area contributed by atoms with Crippen molar-refractivity contribution in [1.82, 2.24) is 9.66 Å². The molecule has 8 heteroatoms. The lowest BCUT2D eigenvalue weighted by molar-refractivity contribution is 0.201. The van der Waals surface area contributed by atoms with E-state index in [4.69, 9.17) is 9.47 Å². The molecule has 0 amide bonds. The Balaban J connectivity index is 2.07. The van der Waals surface area contributed by atoms with E-state index in [-0.39, 0.29) is 11.7 Å². The zero-order valence-electron chi connectivity index (χ0n) is 18.7. The molecule has 0 aliphatic rings. The minimum absolute atomic E-state index is 0.0837. The highest BCUT2D eigenvalue weighted by atomic mass is 127. The van der Waals surface area contributed by atoms with Gasteiger partial charge < -0.3 is 9.47 Å². The smallest absolute Gasteiger partial charge is 0.282 e. The van der Waals surface area contributed by atoms with Crippen LogP contribution in [0.2, 0.25) is 0 Å². The molecule has 0 saturated heterocycles. The minimum Gasteiger partial charge on any atom is -0.490 e. The van der Waals surface area contributed by atoms with E-state index in [0.717, 1.165) is 32.2 Å². The molecule has 170 valence electrons. The Kier molecular flexibility index (Phi) is 8.70. The van der Waals surface area contributed by atoms with Crippen LogP contribution in [0.15, 0.2) is 44.7 Å². The first-order valence-corrected chi connectivity index (χ1v) is 12.6. The highest BCUT2D eigenvalue weighted by Gasteiger charge is 2.15. The van der Waals surface area contributed by atoms with Crippen LogP contribution in [0.1, 0.15) is 51.9 Å². The zero-order chi connectivity index (χ0) is 23.3. The molecule has 6 nitrogen and oxygen atoms in total. The summed E-state index contributed by atoms with van der Waals surface area (Å²) in [5.41, 5.74) is 1.30.